The van der Waals surface area contributed by atoms with Crippen molar-refractivity contribution < 1.29 is 13.2 Å². The number of hydrogen-bond acceptors (Lipinski definition) is 2. The van der Waals surface area contributed by atoms with Crippen molar-refractivity contribution in [3.63, 3.8) is 0 Å². The Hall–Kier alpha value is -1.03. The van der Waals surface area contributed by atoms with Gasteiger partial charge in [0.25, 0.3) is 0 Å². The minimum atomic E-state index is -4.16. The fourth-order valence-corrected chi connectivity index (χ4v) is 2.29. The average Bonchev–Trinajstić information content (AvgIpc) is 2.55. The second-order valence-corrected chi connectivity index (χ2v) is 5.45. The molecule has 1 aromatic carbocycles. The summed E-state index contributed by atoms with van der Waals surface area (Å²) in [5.41, 5.74) is 2.32. The fourth-order valence-electron chi connectivity index (χ4n) is 2.29. The van der Waals surface area contributed by atoms with Gasteiger partial charge in [-0.2, -0.15) is 13.2 Å². The lowest BCUT2D eigenvalue weighted by Crippen LogP contribution is -2.38. The molecule has 0 aromatic heterocycles. The van der Waals surface area contributed by atoms with Crippen molar-refractivity contribution >= 4 is 29.9 Å². The van der Waals surface area contributed by atoms with Gasteiger partial charge in [0.1, 0.15) is 0 Å². The van der Waals surface area contributed by atoms with Gasteiger partial charge in [0.2, 0.25) is 0 Å². The molecule has 1 aromatic rings. The molecule has 0 aliphatic carbocycles. The van der Waals surface area contributed by atoms with Crippen LogP contribution in [0.1, 0.15) is 31.4 Å². The number of nitrogens with zero attached hydrogens (tertiary/aromatic N) is 2. The van der Waals surface area contributed by atoms with Gasteiger partial charge in [-0.15, -0.1) is 24.0 Å². The van der Waals surface area contributed by atoms with E-state index in [9.17, 15) is 13.2 Å². The Morgan fingerprint density at radius 2 is 1.68 bits per heavy atom. The predicted molar refractivity (Wildman–Crippen MR) is 107 cm³/mol. The number of rotatable bonds is 8. The summed E-state index contributed by atoms with van der Waals surface area (Å²) in [6.07, 6.45) is -5.05. The zero-order valence-electron chi connectivity index (χ0n) is 15.0. The number of guanidine groups is 1. The first-order valence-electron chi connectivity index (χ1n) is 8.20. The highest BCUT2D eigenvalue weighted by Crippen LogP contribution is 2.18. The standard InChI is InChI=1S/C17H27F3N4.HI/c1-4-24(5-2)13-15-9-7-6-8-14(15)12-23-16(21-3)22-11-10-17(18,19)20;/h6-9H,4-5,10-13H2,1-3H3,(H2,21,22,23);1H. The molecule has 144 valence electrons. The highest BCUT2D eigenvalue weighted by molar-refractivity contribution is 14.0. The van der Waals surface area contributed by atoms with Crippen LogP contribution in [-0.4, -0.2) is 43.7 Å². The molecule has 0 heterocycles. The van der Waals surface area contributed by atoms with Crippen LogP contribution in [0.2, 0.25) is 0 Å². The second-order valence-electron chi connectivity index (χ2n) is 5.45. The Bertz CT molecular complexity index is 517. The minimum absolute atomic E-state index is 0. The van der Waals surface area contributed by atoms with Crippen molar-refractivity contribution in [3.05, 3.63) is 35.4 Å². The summed E-state index contributed by atoms with van der Waals surface area (Å²) in [4.78, 5) is 6.28. The Balaban J connectivity index is 0.00000576. The van der Waals surface area contributed by atoms with Crippen LogP contribution >= 0.6 is 24.0 Å². The van der Waals surface area contributed by atoms with Gasteiger partial charge < -0.3 is 10.6 Å². The largest absolute Gasteiger partial charge is 0.390 e. The van der Waals surface area contributed by atoms with E-state index >= 15 is 0 Å². The molecule has 0 spiro atoms. The summed E-state index contributed by atoms with van der Waals surface area (Å²) in [5.74, 6) is 0.372. The van der Waals surface area contributed by atoms with Crippen LogP contribution in [0.3, 0.4) is 0 Å². The molecule has 8 heteroatoms. The summed E-state index contributed by atoms with van der Waals surface area (Å²) in [6, 6.07) is 8.06. The monoisotopic (exact) mass is 472 g/mol. The maximum atomic E-state index is 12.2. The lowest BCUT2D eigenvalue weighted by atomic mass is 10.1. The van der Waals surface area contributed by atoms with Crippen molar-refractivity contribution in [2.75, 3.05) is 26.7 Å². The highest BCUT2D eigenvalue weighted by atomic mass is 127. The van der Waals surface area contributed by atoms with Crippen LogP contribution in [0, 0.1) is 0 Å². The highest BCUT2D eigenvalue weighted by Gasteiger charge is 2.26. The smallest absolute Gasteiger partial charge is 0.356 e. The minimum Gasteiger partial charge on any atom is -0.356 e. The van der Waals surface area contributed by atoms with Gasteiger partial charge in [0.15, 0.2) is 5.96 Å². The molecule has 0 aliphatic rings. The van der Waals surface area contributed by atoms with Crippen LogP contribution in [0.4, 0.5) is 13.2 Å². The Morgan fingerprint density at radius 1 is 1.08 bits per heavy atom. The first-order chi connectivity index (χ1) is 11.4. The summed E-state index contributed by atoms with van der Waals surface area (Å²) in [6.45, 7) is 7.36. The molecule has 0 saturated carbocycles. The third-order valence-electron chi connectivity index (χ3n) is 3.78. The molecule has 2 N–H and O–H groups in total. The van der Waals surface area contributed by atoms with E-state index < -0.39 is 12.6 Å². The van der Waals surface area contributed by atoms with Crippen LogP contribution in [0.5, 0.6) is 0 Å². The molecule has 0 atom stereocenters. The van der Waals surface area contributed by atoms with E-state index in [1.807, 2.05) is 18.2 Å². The first kappa shape index (κ1) is 24.0. The average molecular weight is 472 g/mol. The van der Waals surface area contributed by atoms with Gasteiger partial charge in [-0.1, -0.05) is 38.1 Å². The number of hydrogen-bond donors (Lipinski definition) is 2. The van der Waals surface area contributed by atoms with E-state index in [-0.39, 0.29) is 30.5 Å². The van der Waals surface area contributed by atoms with E-state index in [4.69, 9.17) is 0 Å². The second kappa shape index (κ2) is 12.3. The van der Waals surface area contributed by atoms with Crippen molar-refractivity contribution in [3.8, 4) is 0 Å². The van der Waals surface area contributed by atoms with Crippen molar-refractivity contribution in [2.45, 2.75) is 39.5 Å². The Kier molecular flexibility index (Phi) is 11.8. The SMILES string of the molecule is CCN(CC)Cc1ccccc1CNC(=NC)NCCC(F)(F)F.I. The Morgan fingerprint density at radius 3 is 2.20 bits per heavy atom. The molecule has 0 radical (unpaired) electrons. The van der Waals surface area contributed by atoms with Crippen LogP contribution in [-0.2, 0) is 13.1 Å². The molecule has 4 nitrogen and oxygen atoms in total. The lowest BCUT2D eigenvalue weighted by molar-refractivity contribution is -0.132. The quantitative estimate of drug-likeness (QED) is 0.344. The molecule has 0 amide bonds. The van der Waals surface area contributed by atoms with E-state index in [2.05, 4.69) is 40.4 Å². The third kappa shape index (κ3) is 9.88. The summed E-state index contributed by atoms with van der Waals surface area (Å²) in [7, 11) is 1.55. The predicted octanol–water partition coefficient (Wildman–Crippen LogP) is 3.76. The molecule has 25 heavy (non-hydrogen) atoms. The lowest BCUT2D eigenvalue weighted by Gasteiger charge is -2.20. The summed E-state index contributed by atoms with van der Waals surface area (Å²) < 4.78 is 36.6. The summed E-state index contributed by atoms with van der Waals surface area (Å²) >= 11 is 0. The number of benzene rings is 1. The first-order valence-corrected chi connectivity index (χ1v) is 8.20. The van der Waals surface area contributed by atoms with Crippen LogP contribution in [0.25, 0.3) is 0 Å². The molecule has 0 aliphatic heterocycles. The number of halogens is 4. The molecular formula is C17H28F3IN4. The number of alkyl halides is 3. The van der Waals surface area contributed by atoms with Gasteiger partial charge in [-0.05, 0) is 24.2 Å². The van der Waals surface area contributed by atoms with E-state index in [0.29, 0.717) is 12.5 Å². The van der Waals surface area contributed by atoms with Crippen molar-refractivity contribution in [1.29, 1.82) is 0 Å². The zero-order chi connectivity index (χ0) is 18.0. The molecule has 0 fully saturated rings. The van der Waals surface area contributed by atoms with Gasteiger partial charge in [0.05, 0.1) is 6.42 Å². The number of nitrogens with one attached hydrogen (secondary N) is 2. The van der Waals surface area contributed by atoms with Crippen molar-refractivity contribution in [2.24, 2.45) is 4.99 Å². The zero-order valence-corrected chi connectivity index (χ0v) is 17.3. The van der Waals surface area contributed by atoms with E-state index in [1.54, 1.807) is 7.05 Å². The van der Waals surface area contributed by atoms with Gasteiger partial charge in [-0.25, -0.2) is 0 Å². The van der Waals surface area contributed by atoms with Gasteiger partial charge in [0, 0.05) is 26.7 Å². The molecule has 1 rings (SSSR count). The molecule has 0 saturated heterocycles. The van der Waals surface area contributed by atoms with E-state index in [0.717, 1.165) is 25.2 Å². The fraction of sp³-hybridized carbons (Fsp3) is 0.588. The molecule has 0 bridgehead atoms. The Labute approximate surface area is 165 Å². The van der Waals surface area contributed by atoms with Crippen LogP contribution in [0.15, 0.2) is 29.3 Å². The summed E-state index contributed by atoms with van der Waals surface area (Å²) in [5, 5.41) is 5.76. The number of aliphatic imine (C=N–C) groups is 1. The normalized spacial score (nSPS) is 12.0. The van der Waals surface area contributed by atoms with Crippen molar-refractivity contribution in [1.82, 2.24) is 15.5 Å². The molecular weight excluding hydrogens is 444 g/mol. The van der Waals surface area contributed by atoms with Gasteiger partial charge >= 0.3 is 6.18 Å². The van der Waals surface area contributed by atoms with E-state index in [1.165, 1.54) is 5.56 Å². The van der Waals surface area contributed by atoms with Crippen LogP contribution < -0.4 is 10.6 Å². The maximum absolute atomic E-state index is 12.2. The van der Waals surface area contributed by atoms with Gasteiger partial charge in [-0.3, -0.25) is 9.89 Å². The topological polar surface area (TPSA) is 39.7 Å². The third-order valence-corrected chi connectivity index (χ3v) is 3.78. The maximum Gasteiger partial charge on any atom is 0.390 e. The molecule has 0 unspecified atom stereocenters.